The third-order valence-corrected chi connectivity index (χ3v) is 4.53. The molecule has 0 unspecified atom stereocenters. The van der Waals surface area contributed by atoms with Gasteiger partial charge in [0.1, 0.15) is 17.3 Å². The molecule has 2 aliphatic rings. The van der Waals surface area contributed by atoms with Crippen LogP contribution in [0.2, 0.25) is 5.02 Å². The van der Waals surface area contributed by atoms with Crippen molar-refractivity contribution in [1.82, 2.24) is 9.80 Å². The Kier molecular flexibility index (Phi) is 3.71. The van der Waals surface area contributed by atoms with E-state index >= 15 is 0 Å². The van der Waals surface area contributed by atoms with Crippen LogP contribution in [0.5, 0.6) is 11.5 Å². The Morgan fingerprint density at radius 2 is 1.83 bits per heavy atom. The number of nitrogens with zero attached hydrogens (tertiary/aromatic N) is 3. The lowest BCUT2D eigenvalue weighted by molar-refractivity contribution is 0.215. The Morgan fingerprint density at radius 3 is 2.65 bits per heavy atom. The maximum Gasteiger partial charge on any atom is 0.153 e. The number of rotatable bonds is 0. The number of fused-ring (bicyclic) bond motifs is 2. The second kappa shape index (κ2) is 5.87. The Labute approximate surface area is 140 Å². The van der Waals surface area contributed by atoms with Crippen LogP contribution >= 0.6 is 11.6 Å². The fourth-order valence-corrected chi connectivity index (χ4v) is 3.12. The van der Waals surface area contributed by atoms with Gasteiger partial charge in [0.05, 0.1) is 5.56 Å². The zero-order valence-corrected chi connectivity index (χ0v) is 13.8. The highest BCUT2D eigenvalue weighted by Gasteiger charge is 2.24. The van der Waals surface area contributed by atoms with Crippen LogP contribution in [0.4, 0.5) is 5.69 Å². The van der Waals surface area contributed by atoms with Gasteiger partial charge in [-0.25, -0.2) is 4.99 Å². The van der Waals surface area contributed by atoms with E-state index < -0.39 is 0 Å². The number of piperazine rings is 1. The number of likely N-dealkylation sites (N-methyl/N-ethyl adjacent to an activating group) is 1. The monoisotopic (exact) mass is 329 g/mol. The first-order valence-corrected chi connectivity index (χ1v) is 8.17. The molecule has 2 aromatic rings. The molecule has 0 atom stereocenters. The zero-order valence-electron chi connectivity index (χ0n) is 13.0. The average Bonchev–Trinajstić information content (AvgIpc) is 2.72. The molecular formula is C18H18ClN3O. The SMILES string of the molecule is CN1CCN([14C]2=Nc3cc(Cl)ccc3Oc3ccccc32)CC1. The van der Waals surface area contributed by atoms with E-state index in [0.717, 1.165) is 54.8 Å². The van der Waals surface area contributed by atoms with E-state index in [1.807, 2.05) is 36.4 Å². The summed E-state index contributed by atoms with van der Waals surface area (Å²) in [6, 6.07) is 13.6. The van der Waals surface area contributed by atoms with E-state index in [9.17, 15) is 0 Å². The van der Waals surface area contributed by atoms with Gasteiger partial charge in [0.2, 0.25) is 0 Å². The third-order valence-electron chi connectivity index (χ3n) is 4.30. The molecule has 1 fully saturated rings. The molecule has 4 nitrogen and oxygen atoms in total. The normalized spacial score (nSPS) is 17.7. The van der Waals surface area contributed by atoms with Gasteiger partial charge in [0.25, 0.3) is 0 Å². The molecule has 0 radical (unpaired) electrons. The minimum Gasteiger partial charge on any atom is -0.454 e. The van der Waals surface area contributed by atoms with Gasteiger partial charge in [0, 0.05) is 31.2 Å². The lowest BCUT2D eigenvalue weighted by Gasteiger charge is -2.34. The summed E-state index contributed by atoms with van der Waals surface area (Å²) in [7, 11) is 2.15. The third kappa shape index (κ3) is 2.80. The number of hydrogen-bond donors (Lipinski definition) is 0. The second-order valence-corrected chi connectivity index (χ2v) is 6.37. The van der Waals surface area contributed by atoms with Crippen molar-refractivity contribution < 1.29 is 4.74 Å². The van der Waals surface area contributed by atoms with E-state index in [1.54, 1.807) is 0 Å². The molecule has 0 spiro atoms. The maximum atomic E-state index is 6.15. The van der Waals surface area contributed by atoms with Crippen LogP contribution in [0.3, 0.4) is 0 Å². The predicted molar refractivity (Wildman–Crippen MR) is 93.2 cm³/mol. The Hall–Kier alpha value is -2.04. The van der Waals surface area contributed by atoms with Crippen molar-refractivity contribution in [3.8, 4) is 11.5 Å². The van der Waals surface area contributed by atoms with Crippen LogP contribution in [-0.4, -0.2) is 48.9 Å². The molecule has 0 saturated carbocycles. The van der Waals surface area contributed by atoms with Crippen molar-refractivity contribution in [3.63, 3.8) is 0 Å². The molecule has 4 rings (SSSR count). The number of halogens is 1. The van der Waals surface area contributed by atoms with Gasteiger partial charge in [-0.1, -0.05) is 23.7 Å². The molecule has 0 aromatic heterocycles. The van der Waals surface area contributed by atoms with Gasteiger partial charge in [0.15, 0.2) is 5.75 Å². The summed E-state index contributed by atoms with van der Waals surface area (Å²) in [4.78, 5) is 9.57. The van der Waals surface area contributed by atoms with Gasteiger partial charge >= 0.3 is 0 Å². The number of benzene rings is 2. The smallest absolute Gasteiger partial charge is 0.153 e. The topological polar surface area (TPSA) is 28.1 Å². The standard InChI is InChI=1S/C18H18ClN3O/c1-21-8-10-22(11-9-21)18-14-4-2-3-5-16(14)23-17-7-6-13(19)12-15(17)20-18/h2-7,12H,8-11H2,1H3/i18+2. The molecule has 2 aromatic carbocycles. The largest absolute Gasteiger partial charge is 0.454 e. The molecule has 5 heteroatoms. The number of para-hydroxylation sites is 1. The number of ether oxygens (including phenoxy) is 1. The van der Waals surface area contributed by atoms with Crippen molar-refractivity contribution in [1.29, 1.82) is 0 Å². The first-order valence-electron chi connectivity index (χ1n) is 7.80. The van der Waals surface area contributed by atoms with Crippen molar-refractivity contribution in [2.24, 2.45) is 4.99 Å². The molecule has 0 aliphatic carbocycles. The fraction of sp³-hybridized carbons (Fsp3) is 0.278. The molecule has 0 amide bonds. The molecule has 2 heterocycles. The summed E-state index contributed by atoms with van der Waals surface area (Å²) < 4.78 is 6.09. The molecule has 2 aliphatic heterocycles. The van der Waals surface area contributed by atoms with Gasteiger partial charge in [-0.3, -0.25) is 0 Å². The zero-order chi connectivity index (χ0) is 15.8. The minimum absolute atomic E-state index is 0.666. The van der Waals surface area contributed by atoms with Crippen molar-refractivity contribution in [2.75, 3.05) is 33.2 Å². The van der Waals surface area contributed by atoms with Crippen LogP contribution in [0.15, 0.2) is 47.5 Å². The van der Waals surface area contributed by atoms with Crippen molar-refractivity contribution in [2.45, 2.75) is 0 Å². The highest BCUT2D eigenvalue weighted by molar-refractivity contribution is 6.31. The molecule has 0 bridgehead atoms. The molecule has 23 heavy (non-hydrogen) atoms. The Bertz CT molecular complexity index is 767. The highest BCUT2D eigenvalue weighted by Crippen LogP contribution is 2.39. The summed E-state index contributed by atoms with van der Waals surface area (Å²) >= 11 is 6.15. The van der Waals surface area contributed by atoms with E-state index in [2.05, 4.69) is 22.9 Å². The second-order valence-electron chi connectivity index (χ2n) is 5.94. The van der Waals surface area contributed by atoms with Crippen LogP contribution < -0.4 is 4.74 Å². The average molecular weight is 330 g/mol. The highest BCUT2D eigenvalue weighted by atomic mass is 35.5. The summed E-state index contributed by atoms with van der Waals surface area (Å²) in [6.45, 7) is 3.98. The van der Waals surface area contributed by atoms with Gasteiger partial charge in [-0.2, -0.15) is 0 Å². The Morgan fingerprint density at radius 1 is 1.04 bits per heavy atom. The van der Waals surface area contributed by atoms with Gasteiger partial charge in [-0.05, 0) is 37.4 Å². The van der Waals surface area contributed by atoms with Crippen LogP contribution in [0, 0.1) is 0 Å². The molecular weight excluding hydrogens is 312 g/mol. The minimum atomic E-state index is 0.666. The van der Waals surface area contributed by atoms with Gasteiger partial charge < -0.3 is 14.5 Å². The molecule has 1 saturated heterocycles. The van der Waals surface area contributed by atoms with E-state index in [1.165, 1.54) is 0 Å². The van der Waals surface area contributed by atoms with Crippen molar-refractivity contribution in [3.05, 3.63) is 53.1 Å². The lowest BCUT2D eigenvalue weighted by atomic mass is 10.3. The van der Waals surface area contributed by atoms with Gasteiger partial charge in [-0.15, -0.1) is 0 Å². The summed E-state index contributed by atoms with van der Waals surface area (Å²) in [5, 5.41) is 0.666. The van der Waals surface area contributed by atoms with Crippen molar-refractivity contribution >= 4 is 23.1 Å². The predicted octanol–water partition coefficient (Wildman–Crippen LogP) is 3.77. The van der Waals surface area contributed by atoms with E-state index in [4.69, 9.17) is 21.3 Å². The number of hydrogen-bond acceptors (Lipinski definition) is 4. The fourth-order valence-electron chi connectivity index (χ4n) is 2.96. The van der Waals surface area contributed by atoms with Crippen LogP contribution in [-0.2, 0) is 0 Å². The first kappa shape index (κ1) is 14.5. The number of amidine groups is 1. The first-order chi connectivity index (χ1) is 11.2. The van der Waals surface area contributed by atoms with Crippen LogP contribution in [0.1, 0.15) is 5.56 Å². The summed E-state index contributed by atoms with van der Waals surface area (Å²) in [5.41, 5.74) is 1.81. The molecule has 0 N–H and O–H groups in total. The van der Waals surface area contributed by atoms with E-state index in [0.29, 0.717) is 5.02 Å². The quantitative estimate of drug-likeness (QED) is 0.736. The lowest BCUT2D eigenvalue weighted by Crippen LogP contribution is -2.47. The van der Waals surface area contributed by atoms with E-state index in [-0.39, 0.29) is 0 Å². The number of aliphatic imine (C=N–C) groups is 1. The summed E-state index contributed by atoms with van der Waals surface area (Å²) in [6.07, 6.45) is 0. The Balaban J connectivity index is 1.83. The van der Waals surface area contributed by atoms with Crippen LogP contribution in [0.25, 0.3) is 0 Å². The summed E-state index contributed by atoms with van der Waals surface area (Å²) in [5.74, 6) is 2.55. The maximum absolute atomic E-state index is 6.15. The molecule has 118 valence electrons.